The largest absolute Gasteiger partial charge is 0.389 e. The lowest BCUT2D eigenvalue weighted by atomic mass is 9.93. The van der Waals surface area contributed by atoms with Gasteiger partial charge < -0.3 is 19.4 Å². The molecule has 1 spiro atoms. The maximum atomic E-state index is 14.2. The first-order chi connectivity index (χ1) is 19.2. The summed E-state index contributed by atoms with van der Waals surface area (Å²) in [5, 5.41) is 7.76. The summed E-state index contributed by atoms with van der Waals surface area (Å²) in [6.07, 6.45) is 1.32. The number of nitrogens with zero attached hydrogens (tertiary/aromatic N) is 6. The highest BCUT2D eigenvalue weighted by Gasteiger charge is 2.62. The Hall–Kier alpha value is -2.99. The minimum absolute atomic E-state index is 0.0149. The van der Waals surface area contributed by atoms with Gasteiger partial charge >= 0.3 is 6.18 Å². The number of likely N-dealkylation sites (tertiary alicyclic amines) is 2. The zero-order valence-electron chi connectivity index (χ0n) is 22.3. The predicted octanol–water partition coefficient (Wildman–Crippen LogP) is 4.17. The van der Waals surface area contributed by atoms with E-state index in [9.17, 15) is 22.4 Å². The summed E-state index contributed by atoms with van der Waals surface area (Å²) in [6, 6.07) is 6.48. The molecule has 2 aromatic rings. The summed E-state index contributed by atoms with van der Waals surface area (Å²) >= 11 is 0. The Bertz CT molecular complexity index is 1200. The summed E-state index contributed by atoms with van der Waals surface area (Å²) < 4.78 is 58.7. The lowest BCUT2D eigenvalue weighted by molar-refractivity contribution is -0.138. The van der Waals surface area contributed by atoms with E-state index in [1.165, 1.54) is 12.1 Å². The number of ether oxygens (including phenoxy) is 1. The van der Waals surface area contributed by atoms with Crippen LogP contribution in [0.15, 0.2) is 36.7 Å². The SMILES string of the molecule is O=C(C1CCN(Cc2ccnnc2)CC1)N1CCC(N2c3ccc(F)cc3N(CCCC(F)(F)F)C23CO3)CC1. The molecule has 5 heterocycles. The Balaban J connectivity index is 1.06. The summed E-state index contributed by atoms with van der Waals surface area (Å²) in [7, 11) is 0. The van der Waals surface area contributed by atoms with Crippen LogP contribution in [0.25, 0.3) is 0 Å². The molecule has 1 aromatic carbocycles. The monoisotopic (exact) mass is 562 g/mol. The first-order valence-electron chi connectivity index (χ1n) is 14.1. The molecular weight excluding hydrogens is 528 g/mol. The maximum absolute atomic E-state index is 14.2. The molecule has 0 saturated carbocycles. The number of hydrogen-bond donors (Lipinski definition) is 0. The van der Waals surface area contributed by atoms with E-state index in [0.717, 1.165) is 56.6 Å². The van der Waals surface area contributed by atoms with E-state index in [2.05, 4.69) is 20.0 Å². The van der Waals surface area contributed by atoms with Crippen molar-refractivity contribution >= 4 is 17.3 Å². The van der Waals surface area contributed by atoms with Crippen LogP contribution in [0.3, 0.4) is 0 Å². The van der Waals surface area contributed by atoms with E-state index in [1.54, 1.807) is 23.4 Å². The molecule has 0 radical (unpaired) electrons. The normalized spacial score (nSPS) is 24.1. The van der Waals surface area contributed by atoms with E-state index < -0.39 is 24.3 Å². The number of alkyl halides is 3. The number of aromatic nitrogens is 2. The number of carbonyl (C=O) groups is 1. The number of anilines is 2. The molecule has 1 unspecified atom stereocenters. The molecular formula is C28H34F4N6O2. The highest BCUT2D eigenvalue weighted by atomic mass is 19.4. The molecule has 3 saturated heterocycles. The van der Waals surface area contributed by atoms with E-state index in [1.807, 2.05) is 11.0 Å². The number of rotatable bonds is 7. The number of halogens is 4. The van der Waals surface area contributed by atoms with Crippen molar-refractivity contribution < 1.29 is 27.1 Å². The standard InChI is InChI=1S/C28H34F4N6O2/c29-22-2-3-24-25(16-22)37(11-1-9-27(30,31)32)28(19-40-28)38(24)23-7-14-36(15-8-23)26(39)21-5-12-35(13-6-21)18-20-4-10-33-34-17-20/h2-4,10,16-17,21,23H,1,5-9,11-15,18-19H2. The van der Waals surface area contributed by atoms with Gasteiger partial charge in [-0.25, -0.2) is 4.39 Å². The van der Waals surface area contributed by atoms with E-state index >= 15 is 0 Å². The van der Waals surface area contributed by atoms with Crippen LogP contribution >= 0.6 is 0 Å². The van der Waals surface area contributed by atoms with Gasteiger partial charge in [0.25, 0.3) is 0 Å². The molecule has 216 valence electrons. The quantitative estimate of drug-likeness (QED) is 0.371. The van der Waals surface area contributed by atoms with Crippen LogP contribution in [0.2, 0.25) is 0 Å². The van der Waals surface area contributed by atoms with Gasteiger partial charge in [0.1, 0.15) is 12.4 Å². The molecule has 6 rings (SSSR count). The summed E-state index contributed by atoms with van der Waals surface area (Å²) in [6.45, 7) is 4.23. The van der Waals surface area contributed by atoms with Crippen molar-refractivity contribution in [1.82, 2.24) is 20.0 Å². The van der Waals surface area contributed by atoms with E-state index in [0.29, 0.717) is 25.4 Å². The highest BCUT2D eigenvalue weighted by molar-refractivity contribution is 5.81. The van der Waals surface area contributed by atoms with Gasteiger partial charge in [-0.2, -0.15) is 23.4 Å². The molecule has 4 aliphatic rings. The number of benzene rings is 1. The molecule has 1 aromatic heterocycles. The summed E-state index contributed by atoms with van der Waals surface area (Å²) in [5.41, 5.74) is 2.48. The average molecular weight is 563 g/mol. The molecule has 0 bridgehead atoms. The third-order valence-electron chi connectivity index (χ3n) is 8.66. The smallest absolute Gasteiger partial charge is 0.342 e. The van der Waals surface area contributed by atoms with Crippen molar-refractivity contribution in [2.45, 2.75) is 63.1 Å². The zero-order valence-corrected chi connectivity index (χ0v) is 22.3. The summed E-state index contributed by atoms with van der Waals surface area (Å²) in [4.78, 5) is 21.6. The van der Waals surface area contributed by atoms with Gasteiger partial charge in [-0.1, -0.05) is 0 Å². The van der Waals surface area contributed by atoms with Gasteiger partial charge in [0.2, 0.25) is 11.8 Å². The molecule has 0 N–H and O–H groups in total. The number of piperidine rings is 2. The number of hydrogen-bond acceptors (Lipinski definition) is 7. The van der Waals surface area contributed by atoms with Crippen LogP contribution < -0.4 is 9.80 Å². The Morgan fingerprint density at radius 2 is 1.77 bits per heavy atom. The van der Waals surface area contributed by atoms with Crippen molar-refractivity contribution in [2.75, 3.05) is 49.1 Å². The Morgan fingerprint density at radius 3 is 2.42 bits per heavy atom. The van der Waals surface area contributed by atoms with E-state index in [4.69, 9.17) is 4.74 Å². The molecule has 12 heteroatoms. The van der Waals surface area contributed by atoms with Gasteiger partial charge in [0, 0.05) is 50.8 Å². The van der Waals surface area contributed by atoms with Crippen molar-refractivity contribution in [3.05, 3.63) is 48.0 Å². The lowest BCUT2D eigenvalue weighted by Gasteiger charge is -2.42. The lowest BCUT2D eigenvalue weighted by Crippen LogP contribution is -2.56. The molecule has 1 amide bonds. The van der Waals surface area contributed by atoms with Crippen LogP contribution in [0.1, 0.15) is 44.1 Å². The van der Waals surface area contributed by atoms with Crippen molar-refractivity contribution in [3.63, 3.8) is 0 Å². The van der Waals surface area contributed by atoms with Crippen molar-refractivity contribution in [3.8, 4) is 0 Å². The van der Waals surface area contributed by atoms with Gasteiger partial charge in [-0.15, -0.1) is 0 Å². The van der Waals surface area contributed by atoms with Crippen LogP contribution in [0.5, 0.6) is 0 Å². The molecule has 40 heavy (non-hydrogen) atoms. The Kier molecular flexibility index (Phi) is 7.32. The number of amides is 1. The van der Waals surface area contributed by atoms with Gasteiger partial charge in [0.15, 0.2) is 0 Å². The average Bonchev–Trinajstić information content (AvgIpc) is 3.69. The fourth-order valence-corrected chi connectivity index (χ4v) is 6.61. The van der Waals surface area contributed by atoms with Crippen LogP contribution in [-0.4, -0.2) is 83.3 Å². The topological polar surface area (TPSA) is 68.3 Å². The molecule has 0 aliphatic carbocycles. The maximum Gasteiger partial charge on any atom is 0.389 e. The molecule has 1 atom stereocenters. The van der Waals surface area contributed by atoms with Crippen molar-refractivity contribution in [1.29, 1.82) is 0 Å². The fraction of sp³-hybridized carbons (Fsp3) is 0.607. The number of fused-ring (bicyclic) bond motifs is 1. The van der Waals surface area contributed by atoms with Crippen LogP contribution in [0, 0.1) is 11.7 Å². The number of epoxide rings is 1. The second-order valence-corrected chi connectivity index (χ2v) is 11.3. The fourth-order valence-electron chi connectivity index (χ4n) is 6.61. The van der Waals surface area contributed by atoms with E-state index in [-0.39, 0.29) is 30.8 Å². The molecule has 4 aliphatic heterocycles. The van der Waals surface area contributed by atoms with Crippen molar-refractivity contribution in [2.24, 2.45) is 5.92 Å². The third kappa shape index (κ3) is 5.47. The Morgan fingerprint density at radius 1 is 1.02 bits per heavy atom. The second-order valence-electron chi connectivity index (χ2n) is 11.3. The third-order valence-corrected chi connectivity index (χ3v) is 8.66. The minimum Gasteiger partial charge on any atom is -0.342 e. The second kappa shape index (κ2) is 10.8. The minimum atomic E-state index is -4.24. The molecule has 3 fully saturated rings. The zero-order chi connectivity index (χ0) is 27.9. The molecule has 8 nitrogen and oxygen atoms in total. The van der Waals surface area contributed by atoms with Gasteiger partial charge in [-0.05, 0) is 75.0 Å². The van der Waals surface area contributed by atoms with Crippen LogP contribution in [-0.2, 0) is 16.1 Å². The highest BCUT2D eigenvalue weighted by Crippen LogP contribution is 2.54. The van der Waals surface area contributed by atoms with Gasteiger partial charge in [0.05, 0.1) is 17.6 Å². The number of carbonyl (C=O) groups excluding carboxylic acids is 1. The predicted molar refractivity (Wildman–Crippen MR) is 140 cm³/mol. The van der Waals surface area contributed by atoms with Crippen LogP contribution in [0.4, 0.5) is 28.9 Å². The first-order valence-corrected chi connectivity index (χ1v) is 14.1. The first kappa shape index (κ1) is 27.2. The Labute approximate surface area is 230 Å². The van der Waals surface area contributed by atoms with Gasteiger partial charge in [-0.3, -0.25) is 9.69 Å². The summed E-state index contributed by atoms with van der Waals surface area (Å²) in [5.74, 6) is -1.07.